The predicted octanol–water partition coefficient (Wildman–Crippen LogP) is 4.50. The van der Waals surface area contributed by atoms with E-state index in [4.69, 9.17) is 0 Å². The molecule has 2 unspecified atom stereocenters. The van der Waals surface area contributed by atoms with Gasteiger partial charge in [0.25, 0.3) is 0 Å². The van der Waals surface area contributed by atoms with Gasteiger partial charge >= 0.3 is 0 Å². The Balaban J connectivity index is 1.79. The zero-order valence-electron chi connectivity index (χ0n) is 10.9. The zero-order chi connectivity index (χ0) is 13.0. The number of hydrogen-bond acceptors (Lipinski definition) is 1. The first-order chi connectivity index (χ1) is 8.66. The van der Waals surface area contributed by atoms with Crippen molar-refractivity contribution in [3.63, 3.8) is 0 Å². The maximum atomic E-state index is 13.3. The van der Waals surface area contributed by atoms with Crippen LogP contribution in [0.1, 0.15) is 38.2 Å². The first-order valence-corrected chi connectivity index (χ1v) is 7.61. The van der Waals surface area contributed by atoms with Crippen molar-refractivity contribution < 1.29 is 4.39 Å². The van der Waals surface area contributed by atoms with Crippen molar-refractivity contribution in [3.8, 4) is 0 Å². The maximum absolute atomic E-state index is 13.3. The summed E-state index contributed by atoms with van der Waals surface area (Å²) in [5.41, 5.74) is 1.01. The molecule has 3 heteroatoms. The van der Waals surface area contributed by atoms with Gasteiger partial charge in [0.2, 0.25) is 0 Å². The molecule has 1 aliphatic carbocycles. The fourth-order valence-corrected chi connectivity index (χ4v) is 2.99. The van der Waals surface area contributed by atoms with Crippen LogP contribution in [0.2, 0.25) is 0 Å². The van der Waals surface area contributed by atoms with E-state index in [1.54, 1.807) is 12.1 Å². The highest BCUT2D eigenvalue weighted by atomic mass is 79.9. The van der Waals surface area contributed by atoms with Gasteiger partial charge in [-0.15, -0.1) is 0 Å². The van der Waals surface area contributed by atoms with Crippen LogP contribution in [0.3, 0.4) is 0 Å². The monoisotopic (exact) mass is 313 g/mol. The molecule has 2 atom stereocenters. The first-order valence-electron chi connectivity index (χ1n) is 6.81. The maximum Gasteiger partial charge on any atom is 0.137 e. The van der Waals surface area contributed by atoms with E-state index in [0.29, 0.717) is 4.47 Å². The van der Waals surface area contributed by atoms with Crippen molar-refractivity contribution >= 4 is 15.9 Å². The van der Waals surface area contributed by atoms with Crippen LogP contribution >= 0.6 is 15.9 Å². The van der Waals surface area contributed by atoms with Crippen LogP contribution in [-0.4, -0.2) is 6.54 Å². The summed E-state index contributed by atoms with van der Waals surface area (Å²) in [4.78, 5) is 0. The summed E-state index contributed by atoms with van der Waals surface area (Å²) in [6, 6.07) is 5.33. The molecule has 0 amide bonds. The summed E-state index contributed by atoms with van der Waals surface area (Å²) >= 11 is 3.17. The van der Waals surface area contributed by atoms with E-state index in [2.05, 4.69) is 28.2 Å². The van der Waals surface area contributed by atoms with Gasteiger partial charge in [0.1, 0.15) is 5.82 Å². The van der Waals surface area contributed by atoms with Gasteiger partial charge in [-0.3, -0.25) is 0 Å². The van der Waals surface area contributed by atoms with Crippen molar-refractivity contribution in [2.45, 2.75) is 39.2 Å². The van der Waals surface area contributed by atoms with Crippen molar-refractivity contribution in [2.24, 2.45) is 11.8 Å². The molecular formula is C15H21BrFN. The Morgan fingerprint density at radius 1 is 1.33 bits per heavy atom. The molecule has 1 N–H and O–H groups in total. The average Bonchev–Trinajstić information content (AvgIpc) is 2.36. The van der Waals surface area contributed by atoms with Crippen molar-refractivity contribution in [2.75, 3.05) is 6.54 Å². The van der Waals surface area contributed by atoms with Gasteiger partial charge in [0, 0.05) is 6.54 Å². The van der Waals surface area contributed by atoms with Gasteiger partial charge in [-0.2, -0.15) is 0 Å². The summed E-state index contributed by atoms with van der Waals surface area (Å²) in [6.07, 6.45) is 5.45. The van der Waals surface area contributed by atoms with Crippen LogP contribution in [0.5, 0.6) is 0 Å². The quantitative estimate of drug-likeness (QED) is 0.862. The molecule has 2 rings (SSSR count). The largest absolute Gasteiger partial charge is 0.312 e. The van der Waals surface area contributed by atoms with E-state index in [0.717, 1.165) is 30.5 Å². The third-order valence-electron chi connectivity index (χ3n) is 4.01. The summed E-state index contributed by atoms with van der Waals surface area (Å²) in [7, 11) is 0. The highest BCUT2D eigenvalue weighted by Gasteiger charge is 2.20. The number of benzene rings is 1. The molecule has 0 radical (unpaired) electrons. The Kier molecular flexibility index (Phi) is 5.19. The molecule has 100 valence electrons. The summed E-state index contributed by atoms with van der Waals surface area (Å²) in [6.45, 7) is 4.16. The van der Waals surface area contributed by atoms with Gasteiger partial charge in [-0.25, -0.2) is 4.39 Å². The number of rotatable bonds is 4. The lowest BCUT2D eigenvalue weighted by Gasteiger charge is -2.28. The van der Waals surface area contributed by atoms with E-state index < -0.39 is 0 Å². The summed E-state index contributed by atoms with van der Waals surface area (Å²) in [5.74, 6) is 1.44. The first kappa shape index (κ1) is 14.0. The van der Waals surface area contributed by atoms with Crippen LogP contribution in [0.25, 0.3) is 0 Å². The molecule has 1 nitrogen and oxygen atoms in total. The third-order valence-corrected chi connectivity index (χ3v) is 4.65. The second-order valence-electron chi connectivity index (χ2n) is 5.40. The molecule has 0 aromatic heterocycles. The molecule has 0 saturated heterocycles. The van der Waals surface area contributed by atoms with Crippen molar-refractivity contribution in [1.29, 1.82) is 0 Å². The third kappa shape index (κ3) is 3.79. The van der Waals surface area contributed by atoms with Crippen LogP contribution < -0.4 is 5.32 Å². The molecule has 18 heavy (non-hydrogen) atoms. The van der Waals surface area contributed by atoms with E-state index in [1.165, 1.54) is 25.7 Å². The number of halogens is 2. The van der Waals surface area contributed by atoms with E-state index in [9.17, 15) is 4.39 Å². The van der Waals surface area contributed by atoms with E-state index in [-0.39, 0.29) is 5.82 Å². The highest BCUT2D eigenvalue weighted by Crippen LogP contribution is 2.28. The van der Waals surface area contributed by atoms with Crippen LogP contribution in [0.4, 0.5) is 4.39 Å². The Hall–Kier alpha value is -0.410. The smallest absolute Gasteiger partial charge is 0.137 e. The van der Waals surface area contributed by atoms with Crippen molar-refractivity contribution in [3.05, 3.63) is 34.1 Å². The molecule has 0 bridgehead atoms. The molecule has 1 saturated carbocycles. The molecule has 1 aromatic carbocycles. The lowest BCUT2D eigenvalue weighted by molar-refractivity contribution is 0.247. The minimum atomic E-state index is -0.180. The Bertz CT molecular complexity index is 394. The lowest BCUT2D eigenvalue weighted by atomic mass is 9.80. The minimum Gasteiger partial charge on any atom is -0.312 e. The Morgan fingerprint density at radius 2 is 2.11 bits per heavy atom. The normalized spacial score (nSPS) is 24.2. The van der Waals surface area contributed by atoms with Gasteiger partial charge in [-0.05, 0) is 58.4 Å². The van der Waals surface area contributed by atoms with Gasteiger partial charge in [0.15, 0.2) is 0 Å². The van der Waals surface area contributed by atoms with E-state index in [1.807, 2.05) is 6.07 Å². The summed E-state index contributed by atoms with van der Waals surface area (Å²) in [5, 5.41) is 3.47. The lowest BCUT2D eigenvalue weighted by Crippen LogP contribution is -2.29. The molecule has 1 fully saturated rings. The van der Waals surface area contributed by atoms with Gasteiger partial charge < -0.3 is 5.32 Å². The van der Waals surface area contributed by atoms with Crippen LogP contribution in [-0.2, 0) is 6.54 Å². The SMILES string of the molecule is CC1CCCCC1CNCc1ccc(Br)c(F)c1. The highest BCUT2D eigenvalue weighted by molar-refractivity contribution is 9.10. The predicted molar refractivity (Wildman–Crippen MR) is 76.9 cm³/mol. The zero-order valence-corrected chi connectivity index (χ0v) is 12.5. The molecule has 0 heterocycles. The molecule has 0 aliphatic heterocycles. The second kappa shape index (κ2) is 6.67. The second-order valence-corrected chi connectivity index (χ2v) is 6.26. The van der Waals surface area contributed by atoms with Crippen molar-refractivity contribution in [1.82, 2.24) is 5.32 Å². The fraction of sp³-hybridized carbons (Fsp3) is 0.600. The number of nitrogens with one attached hydrogen (secondary N) is 1. The standard InChI is InChI=1S/C15H21BrFN/c1-11-4-2-3-5-13(11)10-18-9-12-6-7-14(16)15(17)8-12/h6-8,11,13,18H,2-5,9-10H2,1H3. The van der Waals surface area contributed by atoms with Gasteiger partial charge in [-0.1, -0.05) is 32.3 Å². The van der Waals surface area contributed by atoms with Crippen LogP contribution in [0, 0.1) is 17.7 Å². The molecular weight excluding hydrogens is 293 g/mol. The molecule has 0 spiro atoms. The Morgan fingerprint density at radius 3 is 2.83 bits per heavy atom. The fourth-order valence-electron chi connectivity index (χ4n) is 2.75. The minimum absolute atomic E-state index is 0.180. The van der Waals surface area contributed by atoms with E-state index >= 15 is 0 Å². The average molecular weight is 314 g/mol. The van der Waals surface area contributed by atoms with Gasteiger partial charge in [0.05, 0.1) is 4.47 Å². The summed E-state index contributed by atoms with van der Waals surface area (Å²) < 4.78 is 13.9. The Labute approximate surface area is 117 Å². The molecule has 1 aromatic rings. The van der Waals surface area contributed by atoms with Crippen LogP contribution in [0.15, 0.2) is 22.7 Å². The number of hydrogen-bond donors (Lipinski definition) is 1. The molecule has 1 aliphatic rings. The topological polar surface area (TPSA) is 12.0 Å².